The number of hydrogen-bond acceptors (Lipinski definition) is 4. The molecule has 0 bridgehead atoms. The van der Waals surface area contributed by atoms with Gasteiger partial charge in [0.2, 0.25) is 0 Å². The van der Waals surface area contributed by atoms with E-state index in [1.807, 2.05) is 6.07 Å². The molecule has 146 valence electrons. The summed E-state index contributed by atoms with van der Waals surface area (Å²) in [5, 5.41) is 0. The van der Waals surface area contributed by atoms with Crippen LogP contribution in [0.2, 0.25) is 0 Å². The van der Waals surface area contributed by atoms with Gasteiger partial charge in [0, 0.05) is 10.2 Å². The summed E-state index contributed by atoms with van der Waals surface area (Å²) in [7, 11) is -7.55. The standard InChI is InChI=1S/C19H17BrN2O4S2/c1-14-4-2-3-5-19(14)22-28(25,26)18-12-8-16(9-13-18)21-27(23,24)17-10-6-15(20)7-11-17/h2-13,21-22H,1H3. The molecule has 0 aliphatic rings. The van der Waals surface area contributed by atoms with E-state index in [2.05, 4.69) is 25.4 Å². The number of rotatable bonds is 6. The molecule has 3 aromatic carbocycles. The molecule has 28 heavy (non-hydrogen) atoms. The van der Waals surface area contributed by atoms with Gasteiger partial charge in [-0.25, -0.2) is 16.8 Å². The van der Waals surface area contributed by atoms with E-state index in [1.165, 1.54) is 36.4 Å². The summed E-state index contributed by atoms with van der Waals surface area (Å²) < 4.78 is 55.7. The Morgan fingerprint density at radius 1 is 0.679 bits per heavy atom. The Morgan fingerprint density at radius 2 is 1.18 bits per heavy atom. The lowest BCUT2D eigenvalue weighted by atomic mass is 10.2. The van der Waals surface area contributed by atoms with Gasteiger partial charge < -0.3 is 0 Å². The molecule has 0 radical (unpaired) electrons. The first-order valence-corrected chi connectivity index (χ1v) is 11.9. The molecular weight excluding hydrogens is 464 g/mol. The Balaban J connectivity index is 1.79. The highest BCUT2D eigenvalue weighted by atomic mass is 79.9. The molecule has 3 aromatic rings. The maximum atomic E-state index is 12.5. The minimum absolute atomic E-state index is 0.0299. The van der Waals surface area contributed by atoms with E-state index in [0.717, 1.165) is 10.0 Å². The van der Waals surface area contributed by atoms with E-state index < -0.39 is 20.0 Å². The molecule has 9 heteroatoms. The van der Waals surface area contributed by atoms with Crippen LogP contribution >= 0.6 is 15.9 Å². The lowest BCUT2D eigenvalue weighted by molar-refractivity contribution is 0.600. The minimum atomic E-state index is -3.79. The number of benzene rings is 3. The van der Waals surface area contributed by atoms with Gasteiger partial charge in [0.15, 0.2) is 0 Å². The summed E-state index contributed by atoms with van der Waals surface area (Å²) in [5.74, 6) is 0. The van der Waals surface area contributed by atoms with Crippen LogP contribution < -0.4 is 9.44 Å². The topological polar surface area (TPSA) is 92.3 Å². The van der Waals surface area contributed by atoms with Gasteiger partial charge in [0.05, 0.1) is 15.5 Å². The van der Waals surface area contributed by atoms with Crippen molar-refractivity contribution >= 4 is 47.4 Å². The average molecular weight is 481 g/mol. The molecule has 0 aliphatic heterocycles. The molecular formula is C19H17BrN2O4S2. The summed E-state index contributed by atoms with van der Waals surface area (Å²) in [4.78, 5) is 0.135. The van der Waals surface area contributed by atoms with Gasteiger partial charge in [-0.3, -0.25) is 9.44 Å². The molecule has 0 amide bonds. The van der Waals surface area contributed by atoms with Crippen LogP contribution in [0.15, 0.2) is 87.1 Å². The number of hydrogen-bond donors (Lipinski definition) is 2. The van der Waals surface area contributed by atoms with Crippen LogP contribution in [0.3, 0.4) is 0 Å². The molecule has 0 saturated heterocycles. The van der Waals surface area contributed by atoms with E-state index in [0.29, 0.717) is 5.69 Å². The van der Waals surface area contributed by atoms with Gasteiger partial charge in [0.25, 0.3) is 20.0 Å². The smallest absolute Gasteiger partial charge is 0.261 e. The number of anilines is 2. The van der Waals surface area contributed by atoms with Crippen molar-refractivity contribution in [3.8, 4) is 0 Å². The molecule has 3 rings (SSSR count). The number of halogens is 1. The van der Waals surface area contributed by atoms with Crippen molar-refractivity contribution in [1.29, 1.82) is 0 Å². The lowest BCUT2D eigenvalue weighted by Crippen LogP contribution is -2.15. The summed E-state index contributed by atoms with van der Waals surface area (Å²) in [6.45, 7) is 1.80. The first-order valence-electron chi connectivity index (χ1n) is 8.14. The zero-order chi connectivity index (χ0) is 20.4. The van der Waals surface area contributed by atoms with Gasteiger partial charge in [-0.1, -0.05) is 34.1 Å². The molecule has 0 aromatic heterocycles. The van der Waals surface area contributed by atoms with Crippen molar-refractivity contribution in [3.63, 3.8) is 0 Å². The van der Waals surface area contributed by atoms with Crippen molar-refractivity contribution < 1.29 is 16.8 Å². The number of aryl methyl sites for hydroxylation is 1. The van der Waals surface area contributed by atoms with Gasteiger partial charge in [-0.2, -0.15) is 0 Å². The number of para-hydroxylation sites is 1. The van der Waals surface area contributed by atoms with Crippen molar-refractivity contribution in [1.82, 2.24) is 0 Å². The number of nitrogens with one attached hydrogen (secondary N) is 2. The van der Waals surface area contributed by atoms with Crippen molar-refractivity contribution in [2.45, 2.75) is 16.7 Å². The highest BCUT2D eigenvalue weighted by Gasteiger charge is 2.17. The molecule has 0 atom stereocenters. The Morgan fingerprint density at radius 3 is 1.75 bits per heavy atom. The molecule has 0 unspecified atom stereocenters. The Kier molecular flexibility index (Phi) is 5.78. The predicted octanol–water partition coefficient (Wildman–Crippen LogP) is 4.36. The Bertz CT molecular complexity index is 1190. The molecule has 0 spiro atoms. The SMILES string of the molecule is Cc1ccccc1NS(=O)(=O)c1ccc(NS(=O)(=O)c2ccc(Br)cc2)cc1. The monoisotopic (exact) mass is 480 g/mol. The fourth-order valence-corrected chi connectivity index (χ4v) is 4.87. The van der Waals surface area contributed by atoms with Gasteiger partial charge >= 0.3 is 0 Å². The van der Waals surface area contributed by atoms with Crippen LogP contribution in [0, 0.1) is 6.92 Å². The van der Waals surface area contributed by atoms with Gasteiger partial charge in [-0.05, 0) is 67.1 Å². The van der Waals surface area contributed by atoms with Crippen LogP contribution in [0.4, 0.5) is 11.4 Å². The highest BCUT2D eigenvalue weighted by Crippen LogP contribution is 2.22. The summed E-state index contributed by atoms with van der Waals surface area (Å²) >= 11 is 3.26. The summed E-state index contributed by atoms with van der Waals surface area (Å²) in [6.07, 6.45) is 0. The summed E-state index contributed by atoms with van der Waals surface area (Å²) in [5.41, 5.74) is 1.55. The fourth-order valence-electron chi connectivity index (χ4n) is 2.42. The van der Waals surface area contributed by atoms with Gasteiger partial charge in [0.1, 0.15) is 0 Å². The first kappa shape index (κ1) is 20.4. The van der Waals surface area contributed by atoms with Crippen molar-refractivity contribution in [3.05, 3.63) is 82.8 Å². The van der Waals surface area contributed by atoms with Crippen LogP contribution in [0.5, 0.6) is 0 Å². The van der Waals surface area contributed by atoms with E-state index in [4.69, 9.17) is 0 Å². The third-order valence-corrected chi connectivity index (χ3v) is 7.24. The lowest BCUT2D eigenvalue weighted by Gasteiger charge is -2.12. The van der Waals surface area contributed by atoms with E-state index in [9.17, 15) is 16.8 Å². The average Bonchev–Trinajstić information content (AvgIpc) is 2.64. The Hall–Kier alpha value is -2.36. The van der Waals surface area contributed by atoms with Crippen LogP contribution in [-0.2, 0) is 20.0 Å². The van der Waals surface area contributed by atoms with Crippen LogP contribution in [0.25, 0.3) is 0 Å². The van der Waals surface area contributed by atoms with Crippen LogP contribution in [-0.4, -0.2) is 16.8 Å². The molecule has 2 N–H and O–H groups in total. The fraction of sp³-hybridized carbons (Fsp3) is 0.0526. The van der Waals surface area contributed by atoms with E-state index in [-0.39, 0.29) is 15.5 Å². The third kappa shape index (κ3) is 4.73. The van der Waals surface area contributed by atoms with E-state index in [1.54, 1.807) is 37.3 Å². The normalized spacial score (nSPS) is 11.8. The highest BCUT2D eigenvalue weighted by molar-refractivity contribution is 9.10. The van der Waals surface area contributed by atoms with Crippen molar-refractivity contribution in [2.75, 3.05) is 9.44 Å². The van der Waals surface area contributed by atoms with E-state index >= 15 is 0 Å². The molecule has 0 saturated carbocycles. The zero-order valence-electron chi connectivity index (χ0n) is 14.8. The third-order valence-electron chi connectivity index (χ3n) is 3.93. The number of sulfonamides is 2. The Labute approximate surface area is 172 Å². The molecule has 6 nitrogen and oxygen atoms in total. The maximum absolute atomic E-state index is 12.5. The first-order chi connectivity index (χ1) is 13.2. The quantitative estimate of drug-likeness (QED) is 0.547. The zero-order valence-corrected chi connectivity index (χ0v) is 18.0. The molecule has 0 fully saturated rings. The second-order valence-electron chi connectivity index (χ2n) is 6.00. The summed E-state index contributed by atoms with van der Waals surface area (Å²) in [6, 6.07) is 18.7. The van der Waals surface area contributed by atoms with Crippen molar-refractivity contribution in [2.24, 2.45) is 0 Å². The van der Waals surface area contributed by atoms with Crippen LogP contribution in [0.1, 0.15) is 5.56 Å². The molecule has 0 aliphatic carbocycles. The predicted molar refractivity (Wildman–Crippen MR) is 113 cm³/mol. The maximum Gasteiger partial charge on any atom is 0.261 e. The van der Waals surface area contributed by atoms with Gasteiger partial charge in [-0.15, -0.1) is 0 Å². The second kappa shape index (κ2) is 7.94. The molecule has 0 heterocycles. The largest absolute Gasteiger partial charge is 0.280 e. The second-order valence-corrected chi connectivity index (χ2v) is 10.3. The minimum Gasteiger partial charge on any atom is -0.280 e.